The number of aliphatic carboxylic acids is 1. The Hall–Kier alpha value is -2.15. The van der Waals surface area contributed by atoms with E-state index in [1.807, 2.05) is 0 Å². The van der Waals surface area contributed by atoms with Crippen LogP contribution in [0.25, 0.3) is 0 Å². The zero-order valence-electron chi connectivity index (χ0n) is 14.4. The van der Waals surface area contributed by atoms with Crippen molar-refractivity contribution in [1.29, 1.82) is 0 Å². The van der Waals surface area contributed by atoms with Crippen molar-refractivity contribution in [3.8, 4) is 0 Å². The number of rotatable bonds is 8. The molecule has 142 valence electrons. The molecule has 1 aliphatic carbocycles. The molecule has 1 atom stereocenters. The minimum Gasteiger partial charge on any atom is -0.481 e. The Morgan fingerprint density at radius 2 is 2.00 bits per heavy atom. The van der Waals surface area contributed by atoms with Crippen molar-refractivity contribution in [2.24, 2.45) is 5.92 Å². The van der Waals surface area contributed by atoms with Gasteiger partial charge in [-0.2, -0.15) is 0 Å². The van der Waals surface area contributed by atoms with Crippen molar-refractivity contribution in [3.63, 3.8) is 0 Å². The van der Waals surface area contributed by atoms with Crippen molar-refractivity contribution in [2.45, 2.75) is 57.4 Å². The number of carbonyl (C=O) groups excluding carboxylic acids is 1. The number of carbonyl (C=O) groups is 2. The van der Waals surface area contributed by atoms with E-state index >= 15 is 0 Å². The van der Waals surface area contributed by atoms with Gasteiger partial charge in [0.05, 0.1) is 17.4 Å². The van der Waals surface area contributed by atoms with Gasteiger partial charge in [-0.3, -0.25) is 19.7 Å². The Morgan fingerprint density at radius 3 is 2.62 bits per heavy atom. The molecule has 1 saturated carbocycles. The molecule has 0 heterocycles. The second-order valence-electron chi connectivity index (χ2n) is 6.72. The van der Waals surface area contributed by atoms with Crippen molar-refractivity contribution in [2.75, 3.05) is 0 Å². The maximum atomic E-state index is 12.3. The van der Waals surface area contributed by atoms with E-state index in [2.05, 4.69) is 5.32 Å². The molecule has 1 aromatic carbocycles. The number of nitrogens with one attached hydrogen (secondary N) is 1. The predicted octanol–water partition coefficient (Wildman–Crippen LogP) is 4.24. The van der Waals surface area contributed by atoms with Gasteiger partial charge < -0.3 is 10.4 Å². The highest BCUT2D eigenvalue weighted by atomic mass is 35.5. The first-order valence-electron chi connectivity index (χ1n) is 8.82. The molecule has 1 fully saturated rings. The summed E-state index contributed by atoms with van der Waals surface area (Å²) in [7, 11) is 0. The van der Waals surface area contributed by atoms with Crippen molar-refractivity contribution >= 4 is 29.2 Å². The number of nitrogens with zero attached hydrogens (tertiary/aromatic N) is 1. The Morgan fingerprint density at radius 1 is 1.31 bits per heavy atom. The van der Waals surface area contributed by atoms with Crippen molar-refractivity contribution in [3.05, 3.63) is 38.9 Å². The van der Waals surface area contributed by atoms with Gasteiger partial charge in [0, 0.05) is 29.1 Å². The number of halogens is 1. The first-order chi connectivity index (χ1) is 12.4. The van der Waals surface area contributed by atoms with E-state index in [0.29, 0.717) is 12.3 Å². The number of benzene rings is 1. The molecule has 0 radical (unpaired) electrons. The topological polar surface area (TPSA) is 110 Å². The molecule has 8 heteroatoms. The maximum absolute atomic E-state index is 12.3. The van der Waals surface area contributed by atoms with Gasteiger partial charge in [-0.05, 0) is 18.4 Å². The fraction of sp³-hybridized carbons (Fsp3) is 0.556. The summed E-state index contributed by atoms with van der Waals surface area (Å²) in [5.41, 5.74) is 0.0468. The van der Waals surface area contributed by atoms with E-state index in [1.54, 1.807) is 0 Å². The molecule has 7 nitrogen and oxygen atoms in total. The minimum absolute atomic E-state index is 0.189. The summed E-state index contributed by atoms with van der Waals surface area (Å²) in [5, 5.41) is 23.0. The van der Waals surface area contributed by atoms with Crippen molar-refractivity contribution in [1.82, 2.24) is 5.32 Å². The van der Waals surface area contributed by atoms with Crippen LogP contribution in [0.5, 0.6) is 0 Å². The predicted molar refractivity (Wildman–Crippen MR) is 97.1 cm³/mol. The molecule has 1 aromatic rings. The maximum Gasteiger partial charge on any atom is 0.305 e. The number of amides is 1. The van der Waals surface area contributed by atoms with Crippen LogP contribution in [0.2, 0.25) is 5.02 Å². The van der Waals surface area contributed by atoms with Gasteiger partial charge >= 0.3 is 5.97 Å². The normalized spacial score (nSPS) is 16.0. The van der Waals surface area contributed by atoms with E-state index in [-0.39, 0.29) is 22.2 Å². The van der Waals surface area contributed by atoms with E-state index < -0.39 is 23.4 Å². The number of nitro groups is 1. The Kier molecular flexibility index (Phi) is 7.38. The standard InChI is InChI=1S/C18H23ClN2O5/c19-15-8-7-13(21(25)26)10-14(15)16(11-18(23)24)20-17(22)9-6-12-4-2-1-3-5-12/h7-8,10,12,16H,1-6,9,11H2,(H,20,22)(H,23,24)/t16-/m0/s1. The highest BCUT2D eigenvalue weighted by Gasteiger charge is 2.23. The van der Waals surface area contributed by atoms with Gasteiger partial charge in [0.1, 0.15) is 0 Å². The minimum atomic E-state index is -1.12. The molecule has 0 saturated heterocycles. The van der Waals surface area contributed by atoms with Crippen LogP contribution in [0.3, 0.4) is 0 Å². The summed E-state index contributed by atoms with van der Waals surface area (Å²) in [5.74, 6) is -0.844. The van der Waals surface area contributed by atoms with Gasteiger partial charge in [0.15, 0.2) is 0 Å². The Labute approximate surface area is 156 Å². The first-order valence-corrected chi connectivity index (χ1v) is 9.19. The quantitative estimate of drug-likeness (QED) is 0.516. The summed E-state index contributed by atoms with van der Waals surface area (Å²) in [6, 6.07) is 2.91. The summed E-state index contributed by atoms with van der Waals surface area (Å²) < 4.78 is 0. The van der Waals surface area contributed by atoms with Crippen LogP contribution >= 0.6 is 11.6 Å². The fourth-order valence-electron chi connectivity index (χ4n) is 3.40. The molecule has 2 N–H and O–H groups in total. The zero-order valence-corrected chi connectivity index (χ0v) is 15.2. The second-order valence-corrected chi connectivity index (χ2v) is 7.13. The lowest BCUT2D eigenvalue weighted by Crippen LogP contribution is -2.30. The number of nitro benzene ring substituents is 1. The highest BCUT2D eigenvalue weighted by molar-refractivity contribution is 6.31. The lowest BCUT2D eigenvalue weighted by molar-refractivity contribution is -0.384. The van der Waals surface area contributed by atoms with Crippen LogP contribution in [0.15, 0.2) is 18.2 Å². The lowest BCUT2D eigenvalue weighted by Gasteiger charge is -2.22. The molecular formula is C18H23ClN2O5. The van der Waals surface area contributed by atoms with Gasteiger partial charge in [0.2, 0.25) is 5.91 Å². The van der Waals surface area contributed by atoms with Crippen LogP contribution in [-0.4, -0.2) is 21.9 Å². The van der Waals surface area contributed by atoms with Crippen LogP contribution in [0.4, 0.5) is 5.69 Å². The summed E-state index contributed by atoms with van der Waals surface area (Å²) in [6.07, 6.45) is 6.58. The van der Waals surface area contributed by atoms with Crippen LogP contribution in [0.1, 0.15) is 63.0 Å². The Bertz CT molecular complexity index is 674. The van der Waals surface area contributed by atoms with Gasteiger partial charge in [-0.1, -0.05) is 43.7 Å². The van der Waals surface area contributed by atoms with Crippen LogP contribution < -0.4 is 5.32 Å². The molecule has 0 aromatic heterocycles. The average molecular weight is 383 g/mol. The lowest BCUT2D eigenvalue weighted by atomic mass is 9.86. The van der Waals surface area contributed by atoms with Crippen LogP contribution in [-0.2, 0) is 9.59 Å². The van der Waals surface area contributed by atoms with Gasteiger partial charge in [0.25, 0.3) is 5.69 Å². The van der Waals surface area contributed by atoms with Gasteiger partial charge in [-0.25, -0.2) is 0 Å². The molecule has 1 amide bonds. The van der Waals surface area contributed by atoms with Gasteiger partial charge in [-0.15, -0.1) is 0 Å². The molecule has 0 bridgehead atoms. The molecule has 26 heavy (non-hydrogen) atoms. The molecule has 0 unspecified atom stereocenters. The number of non-ortho nitro benzene ring substituents is 1. The first kappa shape index (κ1) is 20.2. The SMILES string of the molecule is O=C(O)C[C@H](NC(=O)CCC1CCCCC1)c1cc([N+](=O)[O-])ccc1Cl. The smallest absolute Gasteiger partial charge is 0.305 e. The molecule has 0 spiro atoms. The third kappa shape index (κ3) is 5.98. The monoisotopic (exact) mass is 382 g/mol. The second kappa shape index (κ2) is 9.52. The number of carboxylic acid groups (broad SMARTS) is 1. The summed E-state index contributed by atoms with van der Waals surface area (Å²) >= 11 is 6.09. The summed E-state index contributed by atoms with van der Waals surface area (Å²) in [4.78, 5) is 33.9. The number of hydrogen-bond donors (Lipinski definition) is 2. The van der Waals surface area contributed by atoms with Crippen molar-refractivity contribution < 1.29 is 19.6 Å². The number of carboxylic acids is 1. The Balaban J connectivity index is 2.06. The average Bonchev–Trinajstić information content (AvgIpc) is 2.60. The van der Waals surface area contributed by atoms with Crippen LogP contribution in [0, 0.1) is 16.0 Å². The number of hydrogen-bond acceptors (Lipinski definition) is 4. The zero-order chi connectivity index (χ0) is 19.1. The largest absolute Gasteiger partial charge is 0.481 e. The molecule has 0 aliphatic heterocycles. The van der Waals surface area contributed by atoms with E-state index in [0.717, 1.165) is 19.3 Å². The molecular weight excluding hydrogens is 360 g/mol. The highest BCUT2D eigenvalue weighted by Crippen LogP contribution is 2.30. The fourth-order valence-corrected chi connectivity index (χ4v) is 3.65. The molecule has 2 rings (SSSR count). The van der Waals surface area contributed by atoms with E-state index in [4.69, 9.17) is 16.7 Å². The third-order valence-corrected chi connectivity index (χ3v) is 5.13. The molecule has 1 aliphatic rings. The van der Waals surface area contributed by atoms with E-state index in [1.165, 1.54) is 37.5 Å². The third-order valence-electron chi connectivity index (χ3n) is 4.78. The van der Waals surface area contributed by atoms with E-state index in [9.17, 15) is 19.7 Å². The summed E-state index contributed by atoms with van der Waals surface area (Å²) in [6.45, 7) is 0.